The molecule has 3 aromatic heterocycles. The molecule has 0 saturated carbocycles. The molecule has 0 saturated heterocycles. The van der Waals surface area contributed by atoms with Gasteiger partial charge in [0.25, 0.3) is 11.5 Å². The van der Waals surface area contributed by atoms with Gasteiger partial charge in [0.15, 0.2) is 0 Å². The van der Waals surface area contributed by atoms with E-state index in [2.05, 4.69) is 10.3 Å². The molecule has 3 aromatic rings. The largest absolute Gasteiger partial charge is 0.385 e. The highest BCUT2D eigenvalue weighted by atomic mass is 16.5. The first-order chi connectivity index (χ1) is 12.7. The highest BCUT2D eigenvalue weighted by Gasteiger charge is 2.19. The Morgan fingerprint density at radius 1 is 1.23 bits per heavy atom. The molecule has 1 N–H and O–H groups in total. The number of aryl methyl sites for hydroxylation is 1. The number of pyridine rings is 1. The molecule has 3 rings (SSSR count). The van der Waals surface area contributed by atoms with Crippen LogP contribution < -0.4 is 10.9 Å². The fourth-order valence-electron chi connectivity index (χ4n) is 2.89. The zero-order valence-corrected chi connectivity index (χ0v) is 14.9. The van der Waals surface area contributed by atoms with Gasteiger partial charge in [0.05, 0.1) is 12.0 Å². The number of methoxy groups -OCH3 is 2. The number of fused-ring (bicyclic) bond motifs is 2. The average molecular weight is 358 g/mol. The van der Waals surface area contributed by atoms with Crippen LogP contribution in [-0.4, -0.2) is 53.8 Å². The summed E-state index contributed by atoms with van der Waals surface area (Å²) in [6.45, 7) is 1.89. The molecule has 0 atom stereocenters. The van der Waals surface area contributed by atoms with Crippen molar-refractivity contribution in [3.8, 4) is 0 Å². The maximum absolute atomic E-state index is 12.8. The molecule has 8 nitrogen and oxygen atoms in total. The van der Waals surface area contributed by atoms with Crippen molar-refractivity contribution in [2.45, 2.75) is 13.0 Å². The van der Waals surface area contributed by atoms with Crippen molar-refractivity contribution in [2.75, 3.05) is 34.0 Å². The molecule has 0 bridgehead atoms. The van der Waals surface area contributed by atoms with Gasteiger partial charge in [-0.2, -0.15) is 0 Å². The normalized spacial score (nSPS) is 11.3. The van der Waals surface area contributed by atoms with Gasteiger partial charge in [-0.25, -0.2) is 4.98 Å². The molecule has 0 aliphatic heterocycles. The van der Waals surface area contributed by atoms with Crippen molar-refractivity contribution in [1.29, 1.82) is 0 Å². The van der Waals surface area contributed by atoms with E-state index in [1.807, 2.05) is 6.07 Å². The smallest absolute Gasteiger partial charge is 0.268 e. The lowest BCUT2D eigenvalue weighted by atomic mass is 10.3. The molecule has 138 valence electrons. The van der Waals surface area contributed by atoms with Crippen LogP contribution in [0.4, 0.5) is 0 Å². The summed E-state index contributed by atoms with van der Waals surface area (Å²) >= 11 is 0. The van der Waals surface area contributed by atoms with Crippen LogP contribution in [0.15, 0.2) is 35.3 Å². The second kappa shape index (κ2) is 8.11. The Morgan fingerprint density at radius 3 is 2.81 bits per heavy atom. The van der Waals surface area contributed by atoms with Crippen LogP contribution in [-0.2, 0) is 16.0 Å². The number of carbonyl (C=O) groups excluding carboxylic acids is 1. The molecule has 0 radical (unpaired) electrons. The zero-order chi connectivity index (χ0) is 18.5. The lowest BCUT2D eigenvalue weighted by molar-refractivity contribution is 0.0927. The van der Waals surface area contributed by atoms with Gasteiger partial charge in [0.1, 0.15) is 17.0 Å². The Kier molecular flexibility index (Phi) is 5.65. The quantitative estimate of drug-likeness (QED) is 0.609. The van der Waals surface area contributed by atoms with E-state index < -0.39 is 0 Å². The van der Waals surface area contributed by atoms with Crippen LogP contribution in [0.25, 0.3) is 16.7 Å². The van der Waals surface area contributed by atoms with Crippen LogP contribution >= 0.6 is 0 Å². The molecule has 1 amide bonds. The molecule has 0 aliphatic rings. The minimum atomic E-state index is -0.258. The Bertz CT molecular complexity index is 976. The van der Waals surface area contributed by atoms with Crippen LogP contribution in [0.2, 0.25) is 0 Å². The van der Waals surface area contributed by atoms with E-state index in [4.69, 9.17) is 9.47 Å². The van der Waals surface area contributed by atoms with E-state index in [9.17, 15) is 9.59 Å². The van der Waals surface area contributed by atoms with E-state index in [-0.39, 0.29) is 11.5 Å². The first-order valence-corrected chi connectivity index (χ1v) is 8.44. The number of hydrogen-bond donors (Lipinski definition) is 1. The third-order valence-electron chi connectivity index (χ3n) is 4.13. The predicted octanol–water partition coefficient (Wildman–Crippen LogP) is 1.06. The van der Waals surface area contributed by atoms with Gasteiger partial charge >= 0.3 is 0 Å². The van der Waals surface area contributed by atoms with Crippen molar-refractivity contribution in [1.82, 2.24) is 19.3 Å². The van der Waals surface area contributed by atoms with E-state index in [0.29, 0.717) is 55.1 Å². The van der Waals surface area contributed by atoms with Crippen LogP contribution in [0.1, 0.15) is 16.9 Å². The molecule has 0 unspecified atom stereocenters. The number of nitrogens with zero attached hydrogens (tertiary/aromatic N) is 3. The first kappa shape index (κ1) is 18.1. The molecule has 0 spiro atoms. The third-order valence-corrected chi connectivity index (χ3v) is 4.13. The third kappa shape index (κ3) is 3.47. The number of ether oxygens (including phenoxy) is 2. The highest BCUT2D eigenvalue weighted by Crippen LogP contribution is 2.17. The maximum Gasteiger partial charge on any atom is 0.268 e. The van der Waals surface area contributed by atoms with Crippen molar-refractivity contribution in [3.05, 3.63) is 46.5 Å². The summed E-state index contributed by atoms with van der Waals surface area (Å²) in [6.07, 6.45) is 2.37. The second-order valence-corrected chi connectivity index (χ2v) is 5.86. The number of hydrogen-bond acceptors (Lipinski definition) is 5. The van der Waals surface area contributed by atoms with Gasteiger partial charge in [0, 0.05) is 40.1 Å². The summed E-state index contributed by atoms with van der Waals surface area (Å²) in [5.74, 6) is -0.258. The van der Waals surface area contributed by atoms with E-state index in [1.165, 1.54) is 4.40 Å². The number of nitrogens with one attached hydrogen (secondary N) is 1. The van der Waals surface area contributed by atoms with Gasteiger partial charge in [-0.05, 0) is 24.6 Å². The molecule has 3 heterocycles. The minimum absolute atomic E-state index is 0.193. The van der Waals surface area contributed by atoms with Crippen LogP contribution in [0.5, 0.6) is 0 Å². The highest BCUT2D eigenvalue weighted by molar-refractivity contribution is 5.98. The van der Waals surface area contributed by atoms with Crippen molar-refractivity contribution >= 4 is 22.6 Å². The average Bonchev–Trinajstić information content (AvgIpc) is 3.01. The molecule has 0 fully saturated rings. The maximum atomic E-state index is 12.8. The zero-order valence-electron chi connectivity index (χ0n) is 14.9. The Balaban J connectivity index is 2.11. The topological polar surface area (TPSA) is 86.9 Å². The SMILES string of the molecule is COCCCn1c(C(=O)NCCOC)cc2c(=O)n3ccccc3nc21. The van der Waals surface area contributed by atoms with Crippen LogP contribution in [0, 0.1) is 0 Å². The van der Waals surface area contributed by atoms with Crippen molar-refractivity contribution in [2.24, 2.45) is 0 Å². The van der Waals surface area contributed by atoms with Crippen molar-refractivity contribution < 1.29 is 14.3 Å². The lowest BCUT2D eigenvalue weighted by Crippen LogP contribution is -2.29. The van der Waals surface area contributed by atoms with Crippen molar-refractivity contribution in [3.63, 3.8) is 0 Å². The monoisotopic (exact) mass is 358 g/mol. The number of amides is 1. The van der Waals surface area contributed by atoms with Gasteiger partial charge < -0.3 is 19.4 Å². The summed E-state index contributed by atoms with van der Waals surface area (Å²) < 4.78 is 13.3. The predicted molar refractivity (Wildman–Crippen MR) is 97.7 cm³/mol. The lowest BCUT2D eigenvalue weighted by Gasteiger charge is -2.10. The summed E-state index contributed by atoms with van der Waals surface area (Å²) in [6, 6.07) is 6.98. The van der Waals surface area contributed by atoms with Gasteiger partial charge in [-0.15, -0.1) is 0 Å². The summed E-state index contributed by atoms with van der Waals surface area (Å²) in [7, 11) is 3.20. The number of rotatable bonds is 8. The molecule has 0 aromatic carbocycles. The summed E-state index contributed by atoms with van der Waals surface area (Å²) in [5.41, 5.74) is 1.27. The first-order valence-electron chi connectivity index (χ1n) is 8.44. The molecule has 0 aliphatic carbocycles. The van der Waals surface area contributed by atoms with Crippen LogP contribution in [0.3, 0.4) is 0 Å². The van der Waals surface area contributed by atoms with E-state index >= 15 is 0 Å². The molecular weight excluding hydrogens is 336 g/mol. The standard InChI is InChI=1S/C18H22N4O4/c1-25-10-5-9-21-14(17(23)19-7-11-26-2)12-13-16(21)20-15-6-3-4-8-22(15)18(13)24/h3-4,6,8,12H,5,7,9-11H2,1-2H3,(H,19,23). The summed E-state index contributed by atoms with van der Waals surface area (Å²) in [4.78, 5) is 30.0. The fraction of sp³-hybridized carbons (Fsp3) is 0.389. The Labute approximate surface area is 150 Å². The molecular formula is C18H22N4O4. The summed E-state index contributed by atoms with van der Waals surface area (Å²) in [5, 5.41) is 3.22. The Hall–Kier alpha value is -2.71. The number of aromatic nitrogens is 3. The molecule has 26 heavy (non-hydrogen) atoms. The fourth-order valence-corrected chi connectivity index (χ4v) is 2.89. The van der Waals surface area contributed by atoms with E-state index in [1.54, 1.807) is 43.2 Å². The Morgan fingerprint density at radius 2 is 2.04 bits per heavy atom. The van der Waals surface area contributed by atoms with Gasteiger partial charge in [-0.1, -0.05) is 6.07 Å². The molecule has 8 heteroatoms. The van der Waals surface area contributed by atoms with Gasteiger partial charge in [0.2, 0.25) is 0 Å². The number of carbonyl (C=O) groups is 1. The van der Waals surface area contributed by atoms with Gasteiger partial charge in [-0.3, -0.25) is 14.0 Å². The van der Waals surface area contributed by atoms with E-state index in [0.717, 1.165) is 0 Å². The second-order valence-electron chi connectivity index (χ2n) is 5.86. The minimum Gasteiger partial charge on any atom is -0.385 e.